The van der Waals surface area contributed by atoms with Gasteiger partial charge in [0.1, 0.15) is 0 Å². The Kier molecular flexibility index (Phi) is 5.91. The molecule has 3 heteroatoms. The van der Waals surface area contributed by atoms with Crippen molar-refractivity contribution in [2.24, 2.45) is 11.8 Å². The topological polar surface area (TPSA) is 17.8 Å². The van der Waals surface area contributed by atoms with Crippen molar-refractivity contribution < 1.29 is 0 Å². The molecule has 0 bridgehead atoms. The lowest BCUT2D eigenvalue weighted by atomic mass is 9.93. The Morgan fingerprint density at radius 2 is 1.57 bits per heavy atom. The third-order valence-electron chi connectivity index (χ3n) is 5.44. The van der Waals surface area contributed by atoms with E-state index in [2.05, 4.69) is 74.5 Å². The Hall–Kier alpha value is -2.00. The van der Waals surface area contributed by atoms with Crippen molar-refractivity contribution in [1.29, 1.82) is 0 Å². The van der Waals surface area contributed by atoms with E-state index in [1.807, 2.05) is 22.6 Å². The molecule has 3 aromatic rings. The van der Waals surface area contributed by atoms with E-state index in [-0.39, 0.29) is 0 Å². The highest BCUT2D eigenvalue weighted by Crippen LogP contribution is 2.31. The monoisotopic (exact) mass is 390 g/mol. The molecule has 0 fully saturated rings. The number of benzene rings is 2. The molecule has 4 rings (SSSR count). The fourth-order valence-corrected chi connectivity index (χ4v) is 5.18. The largest absolute Gasteiger partial charge is 0.241 e. The first-order chi connectivity index (χ1) is 13.6. The number of fused-ring (bicyclic) bond motifs is 1. The molecule has 28 heavy (non-hydrogen) atoms. The first-order valence-electron chi connectivity index (χ1n) is 10.4. The Bertz CT molecular complexity index is 924. The van der Waals surface area contributed by atoms with Crippen LogP contribution in [0.5, 0.6) is 0 Å². The highest BCUT2D eigenvalue weighted by Gasteiger charge is 2.13. The van der Waals surface area contributed by atoms with Gasteiger partial charge in [-0.15, -0.1) is 0 Å². The standard InChI is InChI=1S/C25H30N2S/c1-18(2)10-22-14-26-27(15-22)25-8-5-20(6-9-25)11-19(3)12-21-4-7-23-16-28-17-24(23)13-21/h4-9,13-15,18-19H,10-12,16-17H2,1-3H3. The molecule has 2 aromatic carbocycles. The van der Waals surface area contributed by atoms with Crippen LogP contribution in [0.2, 0.25) is 0 Å². The van der Waals surface area contributed by atoms with Crippen LogP contribution < -0.4 is 0 Å². The fourth-order valence-electron chi connectivity index (χ4n) is 4.09. The summed E-state index contributed by atoms with van der Waals surface area (Å²) >= 11 is 2.03. The number of aromatic nitrogens is 2. The minimum absolute atomic E-state index is 0.639. The van der Waals surface area contributed by atoms with E-state index in [4.69, 9.17) is 0 Å². The predicted molar refractivity (Wildman–Crippen MR) is 120 cm³/mol. The predicted octanol–water partition coefficient (Wildman–Crippen LogP) is 6.24. The maximum absolute atomic E-state index is 4.53. The molecule has 1 aliphatic heterocycles. The zero-order valence-corrected chi connectivity index (χ0v) is 18.0. The summed E-state index contributed by atoms with van der Waals surface area (Å²) < 4.78 is 1.99. The van der Waals surface area contributed by atoms with Crippen molar-refractivity contribution >= 4 is 11.8 Å². The normalized spacial score (nSPS) is 14.4. The van der Waals surface area contributed by atoms with Gasteiger partial charge in [-0.25, -0.2) is 4.68 Å². The minimum Gasteiger partial charge on any atom is -0.241 e. The maximum Gasteiger partial charge on any atom is 0.0645 e. The van der Waals surface area contributed by atoms with Crippen LogP contribution in [0.1, 0.15) is 48.6 Å². The summed E-state index contributed by atoms with van der Waals surface area (Å²) in [6.07, 6.45) is 7.49. The van der Waals surface area contributed by atoms with Crippen molar-refractivity contribution in [2.75, 3.05) is 0 Å². The second-order valence-electron chi connectivity index (χ2n) is 8.67. The molecule has 0 spiro atoms. The lowest BCUT2D eigenvalue weighted by molar-refractivity contribution is 0.577. The number of hydrogen-bond donors (Lipinski definition) is 0. The Labute approximate surface area is 173 Å². The van der Waals surface area contributed by atoms with Gasteiger partial charge in [-0.2, -0.15) is 16.9 Å². The zero-order chi connectivity index (χ0) is 19.5. The quantitative estimate of drug-likeness (QED) is 0.475. The molecule has 2 nitrogen and oxygen atoms in total. The molecule has 0 amide bonds. The average molecular weight is 391 g/mol. The van der Waals surface area contributed by atoms with Crippen molar-refractivity contribution in [3.63, 3.8) is 0 Å². The summed E-state index contributed by atoms with van der Waals surface area (Å²) in [5.74, 6) is 3.67. The van der Waals surface area contributed by atoms with Gasteiger partial charge in [0.05, 0.1) is 11.9 Å². The molecule has 0 saturated heterocycles. The molecule has 146 valence electrons. The number of nitrogens with zero attached hydrogens (tertiary/aromatic N) is 2. The molecule has 0 saturated carbocycles. The number of rotatable bonds is 7. The molecular formula is C25H30N2S. The van der Waals surface area contributed by atoms with Crippen molar-refractivity contribution in [3.05, 3.63) is 82.7 Å². The highest BCUT2D eigenvalue weighted by atomic mass is 32.2. The summed E-state index contributed by atoms with van der Waals surface area (Å²) in [5.41, 5.74) is 8.42. The van der Waals surface area contributed by atoms with Crippen LogP contribution in [0.4, 0.5) is 0 Å². The van der Waals surface area contributed by atoms with E-state index in [1.54, 1.807) is 5.56 Å². The van der Waals surface area contributed by atoms with E-state index in [1.165, 1.54) is 33.8 Å². The SMILES string of the molecule is CC(C)Cc1cnn(-c2ccc(CC(C)Cc3ccc4c(c3)CSC4)cc2)c1. The third kappa shape index (κ3) is 4.70. The number of hydrogen-bond acceptors (Lipinski definition) is 2. The second-order valence-corrected chi connectivity index (χ2v) is 9.65. The van der Waals surface area contributed by atoms with E-state index in [0.717, 1.165) is 24.9 Å². The average Bonchev–Trinajstić information content (AvgIpc) is 3.30. The van der Waals surface area contributed by atoms with E-state index >= 15 is 0 Å². The van der Waals surface area contributed by atoms with Crippen molar-refractivity contribution in [3.8, 4) is 5.69 Å². The van der Waals surface area contributed by atoms with Crippen LogP contribution >= 0.6 is 11.8 Å². The summed E-state index contributed by atoms with van der Waals surface area (Å²) in [4.78, 5) is 0. The van der Waals surface area contributed by atoms with Crippen LogP contribution in [0.25, 0.3) is 5.69 Å². The maximum atomic E-state index is 4.53. The van der Waals surface area contributed by atoms with Crippen molar-refractivity contribution in [2.45, 2.75) is 51.5 Å². The first-order valence-corrected chi connectivity index (χ1v) is 11.5. The Morgan fingerprint density at radius 3 is 2.36 bits per heavy atom. The van der Waals surface area contributed by atoms with Gasteiger partial charge in [-0.3, -0.25) is 0 Å². The van der Waals surface area contributed by atoms with Gasteiger partial charge in [-0.05, 0) is 71.0 Å². The summed E-state index contributed by atoms with van der Waals surface area (Å²) in [6.45, 7) is 6.85. The smallest absolute Gasteiger partial charge is 0.0645 e. The van der Waals surface area contributed by atoms with Crippen LogP contribution in [0.3, 0.4) is 0 Å². The first kappa shape index (κ1) is 19.3. The molecule has 1 aromatic heterocycles. The molecule has 1 aliphatic rings. The minimum atomic E-state index is 0.639. The Balaban J connectivity index is 1.36. The summed E-state index contributed by atoms with van der Waals surface area (Å²) in [6, 6.07) is 16.0. The van der Waals surface area contributed by atoms with Gasteiger partial charge in [0.15, 0.2) is 0 Å². The summed E-state index contributed by atoms with van der Waals surface area (Å²) in [5, 5.41) is 4.53. The third-order valence-corrected chi connectivity index (χ3v) is 6.47. The molecule has 0 radical (unpaired) electrons. The molecule has 2 heterocycles. The Morgan fingerprint density at radius 1 is 0.857 bits per heavy atom. The van der Waals surface area contributed by atoms with Gasteiger partial charge in [0.2, 0.25) is 0 Å². The molecule has 0 aliphatic carbocycles. The van der Waals surface area contributed by atoms with Gasteiger partial charge in [0, 0.05) is 17.7 Å². The number of thioether (sulfide) groups is 1. The summed E-state index contributed by atoms with van der Waals surface area (Å²) in [7, 11) is 0. The van der Waals surface area contributed by atoms with Crippen LogP contribution in [0.15, 0.2) is 54.9 Å². The molecule has 0 N–H and O–H groups in total. The van der Waals surface area contributed by atoms with E-state index < -0.39 is 0 Å². The zero-order valence-electron chi connectivity index (χ0n) is 17.2. The van der Waals surface area contributed by atoms with Gasteiger partial charge < -0.3 is 0 Å². The van der Waals surface area contributed by atoms with Crippen molar-refractivity contribution in [1.82, 2.24) is 9.78 Å². The van der Waals surface area contributed by atoms with Crippen LogP contribution in [0, 0.1) is 11.8 Å². The second kappa shape index (κ2) is 8.57. The highest BCUT2D eigenvalue weighted by molar-refractivity contribution is 7.98. The lowest BCUT2D eigenvalue weighted by Crippen LogP contribution is -2.05. The molecule has 1 atom stereocenters. The molecular weight excluding hydrogens is 360 g/mol. The fraction of sp³-hybridized carbons (Fsp3) is 0.400. The van der Waals surface area contributed by atoms with E-state index in [9.17, 15) is 0 Å². The van der Waals surface area contributed by atoms with Gasteiger partial charge >= 0.3 is 0 Å². The van der Waals surface area contributed by atoms with Crippen LogP contribution in [-0.2, 0) is 30.8 Å². The van der Waals surface area contributed by atoms with Gasteiger partial charge in [-0.1, -0.05) is 51.1 Å². The molecule has 1 unspecified atom stereocenters. The van der Waals surface area contributed by atoms with E-state index in [0.29, 0.717) is 11.8 Å². The van der Waals surface area contributed by atoms with Gasteiger partial charge in [0.25, 0.3) is 0 Å². The van der Waals surface area contributed by atoms with Crippen LogP contribution in [-0.4, -0.2) is 9.78 Å². The lowest BCUT2D eigenvalue weighted by Gasteiger charge is -2.13.